The second-order valence-electron chi connectivity index (χ2n) is 9.50. The van der Waals surface area contributed by atoms with Crippen LogP contribution in [0.5, 0.6) is 11.5 Å². The molecule has 2 heterocycles. The first-order chi connectivity index (χ1) is 17.4. The standard InChI is InChI=1S/C27H37N5O4/c1-6-30-22-14-23(33-5)24(36-10-9-35-19-15-34-16-19)13-20(22)26(29-4)31-17(2)21-11-18(28)12-25(32-21)27(3)7-8-27/h6,11-14,17,19H,7-10,15-16H2,1-5H3,(H2,28,32)(H,29,31)/b30-6+. The maximum absolute atomic E-state index is 6.24. The summed E-state index contributed by atoms with van der Waals surface area (Å²) in [6, 6.07) is 7.53. The number of aromatic nitrogens is 1. The maximum Gasteiger partial charge on any atom is 0.162 e. The number of pyridine rings is 1. The molecule has 2 aromatic rings. The molecule has 0 amide bonds. The summed E-state index contributed by atoms with van der Waals surface area (Å²) in [5.41, 5.74) is 10.5. The lowest BCUT2D eigenvalue weighted by Gasteiger charge is -2.26. The second kappa shape index (κ2) is 11.3. The van der Waals surface area contributed by atoms with E-state index in [2.05, 4.69) is 29.1 Å². The quantitative estimate of drug-likeness (QED) is 0.276. The molecule has 1 aromatic heterocycles. The summed E-state index contributed by atoms with van der Waals surface area (Å²) in [6.07, 6.45) is 4.17. The third-order valence-electron chi connectivity index (χ3n) is 6.61. The van der Waals surface area contributed by atoms with E-state index in [4.69, 9.17) is 29.7 Å². The molecule has 1 atom stereocenters. The zero-order chi connectivity index (χ0) is 25.7. The zero-order valence-corrected chi connectivity index (χ0v) is 21.8. The Balaban J connectivity index is 1.56. The van der Waals surface area contributed by atoms with E-state index in [0.717, 1.165) is 41.2 Å². The topological polar surface area (TPSA) is 113 Å². The van der Waals surface area contributed by atoms with Gasteiger partial charge >= 0.3 is 0 Å². The van der Waals surface area contributed by atoms with Gasteiger partial charge in [0.1, 0.15) is 18.5 Å². The van der Waals surface area contributed by atoms with E-state index in [0.29, 0.717) is 43.8 Å². The van der Waals surface area contributed by atoms with Crippen molar-refractivity contribution in [1.29, 1.82) is 0 Å². The number of aliphatic imine (C=N–C) groups is 2. The van der Waals surface area contributed by atoms with E-state index in [1.165, 1.54) is 0 Å². The first-order valence-electron chi connectivity index (χ1n) is 12.4. The Bertz CT molecular complexity index is 1130. The van der Waals surface area contributed by atoms with E-state index >= 15 is 0 Å². The minimum Gasteiger partial charge on any atom is -0.493 e. The van der Waals surface area contributed by atoms with Crippen LogP contribution in [-0.4, -0.2) is 63.7 Å². The highest BCUT2D eigenvalue weighted by Gasteiger charge is 2.41. The van der Waals surface area contributed by atoms with Crippen LogP contribution in [0.4, 0.5) is 11.4 Å². The highest BCUT2D eigenvalue weighted by atomic mass is 16.6. The summed E-state index contributed by atoms with van der Waals surface area (Å²) in [5, 5.41) is 3.51. The van der Waals surface area contributed by atoms with Crippen molar-refractivity contribution in [2.75, 3.05) is 46.3 Å². The largest absolute Gasteiger partial charge is 0.493 e. The van der Waals surface area contributed by atoms with Crippen LogP contribution in [0.25, 0.3) is 0 Å². The number of benzene rings is 1. The lowest BCUT2D eigenvalue weighted by Crippen LogP contribution is -2.37. The molecule has 9 heteroatoms. The molecule has 2 fully saturated rings. The Hall–Kier alpha value is -3.17. The Morgan fingerprint density at radius 2 is 2.03 bits per heavy atom. The summed E-state index contributed by atoms with van der Waals surface area (Å²) in [5.74, 6) is 1.86. The number of ether oxygens (including phenoxy) is 4. The molecule has 0 spiro atoms. The molecule has 4 rings (SSSR count). The SMILES string of the molecule is C/C=N/c1cc(OC)c(OCCOC2COC2)cc1/C(=N\C)NC(C)c1cc(N)cc(C2(C)CC2)n1. The van der Waals surface area contributed by atoms with Gasteiger partial charge in [0, 0.05) is 41.7 Å². The van der Waals surface area contributed by atoms with E-state index < -0.39 is 0 Å². The lowest BCUT2D eigenvalue weighted by molar-refractivity contribution is -0.132. The molecule has 0 radical (unpaired) electrons. The van der Waals surface area contributed by atoms with Crippen molar-refractivity contribution in [2.24, 2.45) is 9.98 Å². The van der Waals surface area contributed by atoms with Gasteiger partial charge in [0.15, 0.2) is 11.5 Å². The fraction of sp³-hybridized carbons (Fsp3) is 0.519. The zero-order valence-electron chi connectivity index (χ0n) is 21.8. The molecule has 1 aromatic carbocycles. The smallest absolute Gasteiger partial charge is 0.162 e. The normalized spacial score (nSPS) is 18.1. The van der Waals surface area contributed by atoms with Crippen molar-refractivity contribution in [1.82, 2.24) is 10.3 Å². The van der Waals surface area contributed by atoms with Crippen molar-refractivity contribution in [3.05, 3.63) is 41.2 Å². The van der Waals surface area contributed by atoms with Gasteiger partial charge < -0.3 is 30.0 Å². The minimum absolute atomic E-state index is 0.128. The molecular weight excluding hydrogens is 458 g/mol. The van der Waals surface area contributed by atoms with Crippen LogP contribution in [0.15, 0.2) is 34.3 Å². The van der Waals surface area contributed by atoms with Crippen molar-refractivity contribution in [3.63, 3.8) is 0 Å². The molecule has 194 valence electrons. The number of nitrogens with two attached hydrogens (primary N) is 1. The highest BCUT2D eigenvalue weighted by Crippen LogP contribution is 2.47. The third kappa shape index (κ3) is 5.96. The molecule has 3 N–H and O–H groups in total. The van der Waals surface area contributed by atoms with Gasteiger partial charge in [-0.2, -0.15) is 0 Å². The average molecular weight is 496 g/mol. The van der Waals surface area contributed by atoms with E-state index in [-0.39, 0.29) is 17.6 Å². The summed E-state index contributed by atoms with van der Waals surface area (Å²) in [6.45, 7) is 8.29. The number of nitrogens with one attached hydrogen (secondary N) is 1. The van der Waals surface area contributed by atoms with Gasteiger partial charge in [-0.05, 0) is 44.9 Å². The van der Waals surface area contributed by atoms with Crippen LogP contribution in [0.2, 0.25) is 0 Å². The van der Waals surface area contributed by atoms with Crippen LogP contribution < -0.4 is 20.5 Å². The van der Waals surface area contributed by atoms with E-state index in [1.807, 2.05) is 31.2 Å². The van der Waals surface area contributed by atoms with Crippen molar-refractivity contribution in [2.45, 2.75) is 51.2 Å². The Labute approximate surface area is 213 Å². The molecule has 1 unspecified atom stereocenters. The summed E-state index contributed by atoms with van der Waals surface area (Å²) >= 11 is 0. The highest BCUT2D eigenvalue weighted by molar-refractivity contribution is 6.04. The monoisotopic (exact) mass is 495 g/mol. The lowest BCUT2D eigenvalue weighted by atomic mass is 10.0. The Morgan fingerprint density at radius 1 is 1.25 bits per heavy atom. The molecule has 36 heavy (non-hydrogen) atoms. The Morgan fingerprint density at radius 3 is 2.64 bits per heavy atom. The number of methoxy groups -OCH3 is 1. The van der Waals surface area contributed by atoms with Gasteiger partial charge in [-0.25, -0.2) is 0 Å². The summed E-state index contributed by atoms with van der Waals surface area (Å²) in [7, 11) is 3.36. The molecule has 9 nitrogen and oxygen atoms in total. The number of nitrogens with zero attached hydrogens (tertiary/aromatic N) is 3. The fourth-order valence-corrected chi connectivity index (χ4v) is 4.02. The van der Waals surface area contributed by atoms with Crippen LogP contribution in [0.1, 0.15) is 56.6 Å². The average Bonchev–Trinajstić information content (AvgIpc) is 3.60. The van der Waals surface area contributed by atoms with E-state index in [9.17, 15) is 0 Å². The van der Waals surface area contributed by atoms with Crippen LogP contribution in [0, 0.1) is 0 Å². The third-order valence-corrected chi connectivity index (χ3v) is 6.61. The van der Waals surface area contributed by atoms with Crippen LogP contribution in [-0.2, 0) is 14.9 Å². The number of anilines is 1. The first-order valence-corrected chi connectivity index (χ1v) is 12.4. The predicted molar refractivity (Wildman–Crippen MR) is 142 cm³/mol. The predicted octanol–water partition coefficient (Wildman–Crippen LogP) is 3.97. The minimum atomic E-state index is -0.128. The molecule has 0 bridgehead atoms. The summed E-state index contributed by atoms with van der Waals surface area (Å²) < 4.78 is 22.5. The van der Waals surface area contributed by atoms with Crippen LogP contribution >= 0.6 is 0 Å². The second-order valence-corrected chi connectivity index (χ2v) is 9.50. The van der Waals surface area contributed by atoms with Gasteiger partial charge in [0.05, 0.1) is 44.4 Å². The van der Waals surface area contributed by atoms with Crippen molar-refractivity contribution >= 4 is 23.4 Å². The molecule has 1 saturated carbocycles. The molecule has 1 aliphatic heterocycles. The van der Waals surface area contributed by atoms with Gasteiger partial charge in [0.25, 0.3) is 0 Å². The Kier molecular flexibility index (Phi) is 8.11. The number of nitrogen functional groups attached to an aromatic ring is 1. The van der Waals surface area contributed by atoms with Crippen molar-refractivity contribution in [3.8, 4) is 11.5 Å². The van der Waals surface area contributed by atoms with E-state index in [1.54, 1.807) is 20.4 Å². The number of hydrogen-bond acceptors (Lipinski definition) is 8. The molecule has 1 saturated heterocycles. The number of amidine groups is 1. The number of hydrogen-bond donors (Lipinski definition) is 2. The molecular formula is C27H37N5O4. The van der Waals surface area contributed by atoms with Crippen LogP contribution in [0.3, 0.4) is 0 Å². The molecule has 2 aliphatic rings. The van der Waals surface area contributed by atoms with Gasteiger partial charge in [-0.15, -0.1) is 0 Å². The first kappa shape index (κ1) is 25.9. The maximum atomic E-state index is 6.24. The van der Waals surface area contributed by atoms with Gasteiger partial charge in [-0.3, -0.25) is 15.0 Å². The van der Waals surface area contributed by atoms with Gasteiger partial charge in [-0.1, -0.05) is 6.92 Å². The summed E-state index contributed by atoms with van der Waals surface area (Å²) in [4.78, 5) is 14.0. The number of rotatable bonds is 11. The van der Waals surface area contributed by atoms with Crippen molar-refractivity contribution < 1.29 is 18.9 Å². The molecule has 1 aliphatic carbocycles. The fourth-order valence-electron chi connectivity index (χ4n) is 4.02. The van der Waals surface area contributed by atoms with Gasteiger partial charge in [0.2, 0.25) is 0 Å².